The fraction of sp³-hybridized carbons (Fsp3) is 0.533. The number of hydrogen-bond acceptors (Lipinski definition) is 3. The third-order valence-corrected chi connectivity index (χ3v) is 3.91. The molecule has 1 aliphatic rings. The van der Waals surface area contributed by atoms with Crippen LogP contribution in [0.4, 0.5) is 0 Å². The Hall–Kier alpha value is -1.39. The Labute approximate surface area is 115 Å². The van der Waals surface area contributed by atoms with Crippen LogP contribution in [0, 0.1) is 6.92 Å². The van der Waals surface area contributed by atoms with Crippen molar-refractivity contribution in [2.45, 2.75) is 19.4 Å². The predicted molar refractivity (Wildman–Crippen MR) is 76.8 cm³/mol. The normalized spacial score (nSPS) is 19.3. The summed E-state index contributed by atoms with van der Waals surface area (Å²) in [7, 11) is 1.87. The van der Waals surface area contributed by atoms with Crippen molar-refractivity contribution >= 4 is 5.91 Å². The van der Waals surface area contributed by atoms with Gasteiger partial charge in [0.25, 0.3) is 0 Å². The number of nitrogens with two attached hydrogens (primary N) is 1. The fourth-order valence-corrected chi connectivity index (χ4v) is 2.71. The lowest BCUT2D eigenvalue weighted by atomic mass is 10.00. The Morgan fingerprint density at radius 3 is 2.74 bits per heavy atom. The van der Waals surface area contributed by atoms with Gasteiger partial charge in [-0.2, -0.15) is 0 Å². The molecule has 1 atom stereocenters. The number of nitrogens with zero attached hydrogens (tertiary/aromatic N) is 2. The first-order valence-electron chi connectivity index (χ1n) is 6.87. The van der Waals surface area contributed by atoms with Crippen LogP contribution in [0.25, 0.3) is 0 Å². The number of aryl methyl sites for hydroxylation is 1. The molecule has 0 saturated carbocycles. The molecule has 1 aromatic rings. The molecule has 104 valence electrons. The highest BCUT2D eigenvalue weighted by molar-refractivity contribution is 5.78. The number of amides is 1. The van der Waals surface area contributed by atoms with E-state index in [4.69, 9.17) is 5.73 Å². The second kappa shape index (κ2) is 6.17. The van der Waals surface area contributed by atoms with Gasteiger partial charge in [0.15, 0.2) is 0 Å². The molecule has 2 rings (SSSR count). The zero-order chi connectivity index (χ0) is 13.8. The van der Waals surface area contributed by atoms with Crippen molar-refractivity contribution in [2.75, 3.05) is 33.2 Å². The largest absolute Gasteiger partial charge is 0.345 e. The van der Waals surface area contributed by atoms with Crippen LogP contribution in [0.2, 0.25) is 0 Å². The first kappa shape index (κ1) is 14.0. The molecule has 1 amide bonds. The second-order valence-corrected chi connectivity index (χ2v) is 5.25. The third kappa shape index (κ3) is 3.14. The van der Waals surface area contributed by atoms with Crippen molar-refractivity contribution in [2.24, 2.45) is 5.73 Å². The van der Waals surface area contributed by atoms with Crippen molar-refractivity contribution in [1.82, 2.24) is 9.80 Å². The van der Waals surface area contributed by atoms with Crippen molar-refractivity contribution in [3.8, 4) is 0 Å². The molecular weight excluding hydrogens is 238 g/mol. The summed E-state index contributed by atoms with van der Waals surface area (Å²) in [6.07, 6.45) is 1.00. The zero-order valence-electron chi connectivity index (χ0n) is 11.8. The van der Waals surface area contributed by atoms with E-state index >= 15 is 0 Å². The lowest BCUT2D eigenvalue weighted by molar-refractivity contribution is -0.130. The summed E-state index contributed by atoms with van der Waals surface area (Å²) >= 11 is 0. The third-order valence-electron chi connectivity index (χ3n) is 3.91. The van der Waals surface area contributed by atoms with Gasteiger partial charge in [-0.05, 0) is 24.5 Å². The number of likely N-dealkylation sites (N-methyl/N-ethyl adjacent to an activating group) is 1. The van der Waals surface area contributed by atoms with Crippen LogP contribution in [-0.4, -0.2) is 48.9 Å². The molecule has 0 aliphatic carbocycles. The second-order valence-electron chi connectivity index (χ2n) is 5.25. The molecule has 1 fully saturated rings. The van der Waals surface area contributed by atoms with Crippen LogP contribution in [-0.2, 0) is 4.79 Å². The van der Waals surface area contributed by atoms with Crippen LogP contribution in [0.3, 0.4) is 0 Å². The quantitative estimate of drug-likeness (QED) is 0.888. The first-order chi connectivity index (χ1) is 9.13. The number of hydrogen-bond donors (Lipinski definition) is 1. The zero-order valence-corrected chi connectivity index (χ0v) is 11.8. The lowest BCUT2D eigenvalue weighted by Crippen LogP contribution is -2.39. The van der Waals surface area contributed by atoms with Crippen LogP contribution in [0.1, 0.15) is 23.6 Å². The molecule has 1 heterocycles. The molecule has 4 heteroatoms. The summed E-state index contributed by atoms with van der Waals surface area (Å²) in [5, 5.41) is 0. The number of carbonyl (C=O) groups excluding carboxylic acids is 1. The van der Waals surface area contributed by atoms with Crippen LogP contribution < -0.4 is 5.73 Å². The van der Waals surface area contributed by atoms with Gasteiger partial charge in [0, 0.05) is 32.7 Å². The Kier molecular flexibility index (Phi) is 4.56. The topological polar surface area (TPSA) is 49.6 Å². The van der Waals surface area contributed by atoms with E-state index in [9.17, 15) is 4.79 Å². The highest BCUT2D eigenvalue weighted by Crippen LogP contribution is 2.24. The average molecular weight is 261 g/mol. The molecule has 1 aliphatic heterocycles. The van der Waals surface area contributed by atoms with Gasteiger partial charge in [0.05, 0.1) is 6.54 Å². The van der Waals surface area contributed by atoms with Gasteiger partial charge in [0.1, 0.15) is 0 Å². The van der Waals surface area contributed by atoms with E-state index in [-0.39, 0.29) is 11.9 Å². The summed E-state index contributed by atoms with van der Waals surface area (Å²) in [6.45, 7) is 4.87. The number of benzene rings is 1. The van der Waals surface area contributed by atoms with E-state index < -0.39 is 0 Å². The monoisotopic (exact) mass is 261 g/mol. The van der Waals surface area contributed by atoms with E-state index in [0.717, 1.165) is 19.5 Å². The molecule has 0 spiro atoms. The smallest absolute Gasteiger partial charge is 0.236 e. The van der Waals surface area contributed by atoms with Gasteiger partial charge < -0.3 is 10.6 Å². The molecule has 0 aromatic heterocycles. The summed E-state index contributed by atoms with van der Waals surface area (Å²) in [4.78, 5) is 16.0. The van der Waals surface area contributed by atoms with Crippen molar-refractivity contribution in [1.29, 1.82) is 0 Å². The van der Waals surface area contributed by atoms with Crippen molar-refractivity contribution in [3.05, 3.63) is 35.4 Å². The Balaban J connectivity index is 2.22. The minimum atomic E-state index is 0.136. The molecule has 2 N–H and O–H groups in total. The molecule has 1 aromatic carbocycles. The van der Waals surface area contributed by atoms with E-state index in [1.165, 1.54) is 11.1 Å². The Bertz CT molecular complexity index is 447. The maximum absolute atomic E-state index is 12.0. The van der Waals surface area contributed by atoms with E-state index in [1.54, 1.807) is 0 Å². The van der Waals surface area contributed by atoms with E-state index in [2.05, 4.69) is 24.0 Å². The standard InChI is InChI=1S/C15H23N3O/c1-12-6-3-4-7-13(12)14(10-16)18-9-5-8-17(2)15(19)11-18/h3-4,6-7,14H,5,8-11,16H2,1-2H3. The van der Waals surface area contributed by atoms with Gasteiger partial charge in [-0.25, -0.2) is 0 Å². The first-order valence-corrected chi connectivity index (χ1v) is 6.87. The molecule has 0 radical (unpaired) electrons. The minimum absolute atomic E-state index is 0.136. The van der Waals surface area contributed by atoms with Gasteiger partial charge >= 0.3 is 0 Å². The summed E-state index contributed by atoms with van der Waals surface area (Å²) in [5.74, 6) is 0.185. The SMILES string of the molecule is Cc1ccccc1C(CN)N1CCCN(C)C(=O)C1. The van der Waals surface area contributed by atoms with Gasteiger partial charge in [-0.15, -0.1) is 0 Å². The maximum Gasteiger partial charge on any atom is 0.236 e. The minimum Gasteiger partial charge on any atom is -0.345 e. The van der Waals surface area contributed by atoms with Crippen molar-refractivity contribution in [3.63, 3.8) is 0 Å². The number of rotatable bonds is 3. The summed E-state index contributed by atoms with van der Waals surface area (Å²) in [6, 6.07) is 8.43. The number of carbonyl (C=O) groups is 1. The molecule has 4 nitrogen and oxygen atoms in total. The highest BCUT2D eigenvalue weighted by Gasteiger charge is 2.26. The van der Waals surface area contributed by atoms with Gasteiger partial charge in [-0.3, -0.25) is 9.69 Å². The van der Waals surface area contributed by atoms with Crippen molar-refractivity contribution < 1.29 is 4.79 Å². The fourth-order valence-electron chi connectivity index (χ4n) is 2.71. The van der Waals surface area contributed by atoms with E-state index in [0.29, 0.717) is 13.1 Å². The molecule has 1 saturated heterocycles. The summed E-state index contributed by atoms with van der Waals surface area (Å²) in [5.41, 5.74) is 8.45. The Morgan fingerprint density at radius 1 is 1.32 bits per heavy atom. The predicted octanol–water partition coefficient (Wildman–Crippen LogP) is 1.16. The van der Waals surface area contributed by atoms with Crippen LogP contribution >= 0.6 is 0 Å². The lowest BCUT2D eigenvalue weighted by Gasteiger charge is -2.30. The Morgan fingerprint density at radius 2 is 2.05 bits per heavy atom. The molecule has 19 heavy (non-hydrogen) atoms. The van der Waals surface area contributed by atoms with Crippen LogP contribution in [0.15, 0.2) is 24.3 Å². The molecule has 1 unspecified atom stereocenters. The molecule has 0 bridgehead atoms. The average Bonchev–Trinajstić information content (AvgIpc) is 2.56. The summed E-state index contributed by atoms with van der Waals surface area (Å²) < 4.78 is 0. The van der Waals surface area contributed by atoms with Gasteiger partial charge in [-0.1, -0.05) is 24.3 Å². The maximum atomic E-state index is 12.0. The van der Waals surface area contributed by atoms with Gasteiger partial charge in [0.2, 0.25) is 5.91 Å². The highest BCUT2D eigenvalue weighted by atomic mass is 16.2. The molecular formula is C15H23N3O. The van der Waals surface area contributed by atoms with Crippen LogP contribution in [0.5, 0.6) is 0 Å². The van der Waals surface area contributed by atoms with E-state index in [1.807, 2.05) is 24.1 Å².